The van der Waals surface area contributed by atoms with Gasteiger partial charge < -0.3 is 24.6 Å². The van der Waals surface area contributed by atoms with Crippen molar-refractivity contribution >= 4 is 12.1 Å². The summed E-state index contributed by atoms with van der Waals surface area (Å²) >= 11 is 0. The molecule has 0 radical (unpaired) electrons. The van der Waals surface area contributed by atoms with E-state index in [1.807, 2.05) is 39.6 Å². The number of nitrogens with one attached hydrogen (secondary N) is 1. The molecule has 27 heavy (non-hydrogen) atoms. The molecule has 1 amide bonds. The van der Waals surface area contributed by atoms with E-state index < -0.39 is 5.60 Å². The fourth-order valence-corrected chi connectivity index (χ4v) is 3.79. The zero-order chi connectivity index (χ0) is 19.9. The van der Waals surface area contributed by atoms with Gasteiger partial charge in [-0.05, 0) is 59.8 Å². The molecule has 7 heteroatoms. The predicted octanol–water partition coefficient (Wildman–Crippen LogP) is 2.85. The quantitative estimate of drug-likeness (QED) is 0.598. The van der Waals surface area contributed by atoms with Crippen LogP contribution < -0.4 is 5.32 Å². The standard InChI is InChI=1S/C20H38N4O3/c1-6-26-17-10-13-23(14-11-17)18(21-5)22-15-16-9-7-8-12-24(16)19(25)27-20(2,3)4/h16-17H,6-15H2,1-5H3,(H,21,22). The molecule has 2 fully saturated rings. The first-order valence-electron chi connectivity index (χ1n) is 10.4. The van der Waals surface area contributed by atoms with Crippen LogP contribution in [0.4, 0.5) is 4.79 Å². The van der Waals surface area contributed by atoms with Gasteiger partial charge in [0.15, 0.2) is 5.96 Å². The molecule has 2 heterocycles. The first kappa shape index (κ1) is 21.8. The van der Waals surface area contributed by atoms with Gasteiger partial charge in [-0.3, -0.25) is 4.99 Å². The lowest BCUT2D eigenvalue weighted by atomic mass is 10.0. The smallest absolute Gasteiger partial charge is 0.410 e. The van der Waals surface area contributed by atoms with Crippen LogP contribution in [0.1, 0.15) is 59.8 Å². The minimum Gasteiger partial charge on any atom is -0.444 e. The summed E-state index contributed by atoms with van der Waals surface area (Å²) in [7, 11) is 1.82. The summed E-state index contributed by atoms with van der Waals surface area (Å²) in [6, 6.07) is 0.145. The van der Waals surface area contributed by atoms with E-state index in [-0.39, 0.29) is 12.1 Å². The maximum absolute atomic E-state index is 12.6. The second kappa shape index (κ2) is 10.2. The van der Waals surface area contributed by atoms with Gasteiger partial charge in [0.05, 0.1) is 12.1 Å². The number of rotatable bonds is 4. The van der Waals surface area contributed by atoms with Gasteiger partial charge in [-0.1, -0.05) is 0 Å². The highest BCUT2D eigenvalue weighted by Gasteiger charge is 2.31. The molecule has 0 spiro atoms. The SMILES string of the molecule is CCOC1CCN(C(=NC)NCC2CCCCN2C(=O)OC(C)(C)C)CC1. The maximum Gasteiger partial charge on any atom is 0.410 e. The molecule has 0 aromatic heterocycles. The first-order valence-corrected chi connectivity index (χ1v) is 10.4. The van der Waals surface area contributed by atoms with E-state index in [1.54, 1.807) is 0 Å². The number of nitrogens with zero attached hydrogens (tertiary/aromatic N) is 3. The number of carbonyl (C=O) groups is 1. The highest BCUT2D eigenvalue weighted by atomic mass is 16.6. The molecule has 0 aromatic carbocycles. The molecule has 0 bridgehead atoms. The third-order valence-corrected chi connectivity index (χ3v) is 5.11. The summed E-state index contributed by atoms with van der Waals surface area (Å²) < 4.78 is 11.3. The molecular formula is C20H38N4O3. The molecule has 1 unspecified atom stereocenters. The summed E-state index contributed by atoms with van der Waals surface area (Å²) in [4.78, 5) is 21.2. The number of likely N-dealkylation sites (tertiary alicyclic amines) is 2. The third-order valence-electron chi connectivity index (χ3n) is 5.11. The Bertz CT molecular complexity index is 496. The molecule has 7 nitrogen and oxygen atoms in total. The first-order chi connectivity index (χ1) is 12.8. The lowest BCUT2D eigenvalue weighted by Gasteiger charge is -2.38. The largest absolute Gasteiger partial charge is 0.444 e. The maximum atomic E-state index is 12.6. The number of amides is 1. The number of carbonyl (C=O) groups excluding carboxylic acids is 1. The van der Waals surface area contributed by atoms with Crippen LogP contribution in [0.3, 0.4) is 0 Å². The van der Waals surface area contributed by atoms with E-state index in [0.717, 1.165) is 64.3 Å². The van der Waals surface area contributed by atoms with Crippen LogP contribution in [-0.4, -0.2) is 79.4 Å². The fourth-order valence-electron chi connectivity index (χ4n) is 3.79. The number of hydrogen-bond donors (Lipinski definition) is 1. The van der Waals surface area contributed by atoms with Crippen molar-refractivity contribution in [1.29, 1.82) is 0 Å². The van der Waals surface area contributed by atoms with Gasteiger partial charge in [0.1, 0.15) is 5.60 Å². The second-order valence-corrected chi connectivity index (χ2v) is 8.39. The Hall–Kier alpha value is -1.50. The zero-order valence-corrected chi connectivity index (χ0v) is 17.8. The van der Waals surface area contributed by atoms with E-state index >= 15 is 0 Å². The lowest BCUT2D eigenvalue weighted by Crippen LogP contribution is -2.53. The van der Waals surface area contributed by atoms with Crippen LogP contribution in [0.25, 0.3) is 0 Å². The van der Waals surface area contributed by atoms with Crippen molar-refractivity contribution in [3.63, 3.8) is 0 Å². The highest BCUT2D eigenvalue weighted by Crippen LogP contribution is 2.20. The molecule has 1 atom stereocenters. The molecular weight excluding hydrogens is 344 g/mol. The fraction of sp³-hybridized carbons (Fsp3) is 0.900. The highest BCUT2D eigenvalue weighted by molar-refractivity contribution is 5.80. The molecule has 156 valence electrons. The molecule has 2 saturated heterocycles. The van der Waals surface area contributed by atoms with Gasteiger partial charge in [0.2, 0.25) is 0 Å². The Kier molecular flexibility index (Phi) is 8.20. The summed E-state index contributed by atoms with van der Waals surface area (Å²) in [6.07, 6.45) is 5.39. The third kappa shape index (κ3) is 6.87. The van der Waals surface area contributed by atoms with Crippen LogP contribution in [-0.2, 0) is 9.47 Å². The van der Waals surface area contributed by atoms with Crippen molar-refractivity contribution in [2.45, 2.75) is 77.5 Å². The number of hydrogen-bond acceptors (Lipinski definition) is 4. The zero-order valence-electron chi connectivity index (χ0n) is 17.8. The number of piperidine rings is 2. The van der Waals surface area contributed by atoms with Crippen molar-refractivity contribution in [3.05, 3.63) is 0 Å². The Morgan fingerprint density at radius 1 is 1.15 bits per heavy atom. The van der Waals surface area contributed by atoms with Gasteiger partial charge >= 0.3 is 6.09 Å². The molecule has 1 N–H and O–H groups in total. The number of ether oxygens (including phenoxy) is 2. The topological polar surface area (TPSA) is 66.4 Å². The normalized spacial score (nSPS) is 22.7. The van der Waals surface area contributed by atoms with Crippen LogP contribution in [0.2, 0.25) is 0 Å². The van der Waals surface area contributed by atoms with E-state index in [2.05, 4.69) is 15.2 Å². The van der Waals surface area contributed by atoms with E-state index in [4.69, 9.17) is 9.47 Å². The summed E-state index contributed by atoms with van der Waals surface area (Å²) in [5.41, 5.74) is -0.465. The van der Waals surface area contributed by atoms with Crippen LogP contribution >= 0.6 is 0 Å². The molecule has 0 aliphatic carbocycles. The van der Waals surface area contributed by atoms with Crippen LogP contribution in [0.15, 0.2) is 4.99 Å². The minimum atomic E-state index is -0.465. The van der Waals surface area contributed by atoms with Gasteiger partial charge in [-0.2, -0.15) is 0 Å². The molecule has 2 rings (SSSR count). The molecule has 0 aromatic rings. The Morgan fingerprint density at radius 3 is 2.44 bits per heavy atom. The summed E-state index contributed by atoms with van der Waals surface area (Å²) in [5.74, 6) is 0.916. The van der Waals surface area contributed by atoms with Gasteiger partial charge in [-0.25, -0.2) is 4.79 Å². The monoisotopic (exact) mass is 382 g/mol. The molecule has 2 aliphatic rings. The van der Waals surface area contributed by atoms with Crippen molar-refractivity contribution in [1.82, 2.24) is 15.1 Å². The minimum absolute atomic E-state index is 0.145. The Balaban J connectivity index is 1.87. The van der Waals surface area contributed by atoms with Crippen molar-refractivity contribution < 1.29 is 14.3 Å². The van der Waals surface area contributed by atoms with Crippen LogP contribution in [0, 0.1) is 0 Å². The average Bonchev–Trinajstić information content (AvgIpc) is 2.62. The van der Waals surface area contributed by atoms with E-state index in [0.29, 0.717) is 12.6 Å². The average molecular weight is 383 g/mol. The van der Waals surface area contributed by atoms with Crippen molar-refractivity contribution in [2.75, 3.05) is 39.8 Å². The van der Waals surface area contributed by atoms with Crippen molar-refractivity contribution in [2.24, 2.45) is 4.99 Å². The Morgan fingerprint density at radius 2 is 1.85 bits per heavy atom. The number of aliphatic imine (C=N–C) groups is 1. The van der Waals surface area contributed by atoms with Crippen LogP contribution in [0.5, 0.6) is 0 Å². The van der Waals surface area contributed by atoms with E-state index in [9.17, 15) is 4.79 Å². The summed E-state index contributed by atoms with van der Waals surface area (Å²) in [5, 5.41) is 3.49. The predicted molar refractivity (Wildman–Crippen MR) is 108 cm³/mol. The van der Waals surface area contributed by atoms with Gasteiger partial charge in [-0.15, -0.1) is 0 Å². The van der Waals surface area contributed by atoms with Crippen molar-refractivity contribution in [3.8, 4) is 0 Å². The number of guanidine groups is 1. The lowest BCUT2D eigenvalue weighted by molar-refractivity contribution is 0.0100. The summed E-state index contributed by atoms with van der Waals surface area (Å²) in [6.45, 7) is 11.9. The van der Waals surface area contributed by atoms with Gasteiger partial charge in [0.25, 0.3) is 0 Å². The molecule has 0 saturated carbocycles. The Labute approximate surface area is 164 Å². The van der Waals surface area contributed by atoms with E-state index in [1.165, 1.54) is 0 Å². The second-order valence-electron chi connectivity index (χ2n) is 8.39. The molecule has 2 aliphatic heterocycles. The van der Waals surface area contributed by atoms with Gasteiger partial charge in [0, 0.05) is 39.8 Å².